The molecule has 1 amide bonds. The SMILES string of the molecule is Cn1cc(-c2cn3nccc3c(-c3ccc4c(c3)CN(CC(F)(F)F)CC[C@H]4NC(=O)/C(N)=C/N(N)C(C)(C)C)n2)cn1. The molecule has 43 heavy (non-hydrogen) atoms. The first-order valence-corrected chi connectivity index (χ1v) is 13.8. The topological polar surface area (TPSA) is 136 Å². The largest absolute Gasteiger partial charge is 0.401 e. The number of carbonyl (C=O) groups excluding carboxylic acids is 1. The van der Waals surface area contributed by atoms with E-state index in [1.165, 1.54) is 16.1 Å². The molecular weight excluding hydrogens is 561 g/mol. The van der Waals surface area contributed by atoms with Crippen LogP contribution in [0.5, 0.6) is 0 Å². The molecule has 0 spiro atoms. The lowest BCUT2D eigenvalue weighted by molar-refractivity contribution is -0.147. The molecule has 1 aliphatic heterocycles. The number of carbonyl (C=O) groups is 1. The number of nitrogens with two attached hydrogens (primary N) is 2. The minimum Gasteiger partial charge on any atom is -0.393 e. The first-order chi connectivity index (χ1) is 20.2. The van der Waals surface area contributed by atoms with E-state index < -0.39 is 30.2 Å². The number of alkyl halides is 3. The third-order valence-electron chi connectivity index (χ3n) is 7.33. The van der Waals surface area contributed by atoms with Gasteiger partial charge in [0.2, 0.25) is 0 Å². The molecule has 0 bridgehead atoms. The van der Waals surface area contributed by atoms with Crippen molar-refractivity contribution in [1.29, 1.82) is 0 Å². The molecule has 11 nitrogen and oxygen atoms in total. The highest BCUT2D eigenvalue weighted by Gasteiger charge is 2.33. The van der Waals surface area contributed by atoms with Gasteiger partial charge in [-0.1, -0.05) is 12.1 Å². The van der Waals surface area contributed by atoms with Crippen LogP contribution in [0.3, 0.4) is 0 Å². The second-order valence-electron chi connectivity index (χ2n) is 11.8. The van der Waals surface area contributed by atoms with Crippen molar-refractivity contribution >= 4 is 11.4 Å². The fourth-order valence-corrected chi connectivity index (χ4v) is 5.03. The summed E-state index contributed by atoms with van der Waals surface area (Å²) < 4.78 is 43.9. The second-order valence-corrected chi connectivity index (χ2v) is 11.8. The van der Waals surface area contributed by atoms with E-state index in [1.807, 2.05) is 58.3 Å². The molecule has 5 rings (SSSR count). The van der Waals surface area contributed by atoms with Gasteiger partial charge in [0.15, 0.2) is 0 Å². The van der Waals surface area contributed by atoms with Crippen LogP contribution in [0.4, 0.5) is 13.2 Å². The van der Waals surface area contributed by atoms with Crippen LogP contribution < -0.4 is 16.9 Å². The summed E-state index contributed by atoms with van der Waals surface area (Å²) in [6.07, 6.45) is 4.23. The average Bonchev–Trinajstić information content (AvgIpc) is 3.54. The maximum absolute atomic E-state index is 13.5. The van der Waals surface area contributed by atoms with E-state index in [9.17, 15) is 18.0 Å². The van der Waals surface area contributed by atoms with E-state index in [0.717, 1.165) is 11.1 Å². The number of halogens is 3. The van der Waals surface area contributed by atoms with Gasteiger partial charge in [0.25, 0.3) is 5.91 Å². The van der Waals surface area contributed by atoms with Crippen LogP contribution in [0.25, 0.3) is 28.0 Å². The maximum atomic E-state index is 13.5. The van der Waals surface area contributed by atoms with Gasteiger partial charge in [0.05, 0.1) is 48.1 Å². The number of aryl methyl sites for hydroxylation is 1. The Bertz CT molecular complexity index is 1670. The van der Waals surface area contributed by atoms with Crippen LogP contribution in [-0.2, 0) is 18.4 Å². The lowest BCUT2D eigenvalue weighted by atomic mass is 9.95. The van der Waals surface area contributed by atoms with Crippen molar-refractivity contribution in [3.8, 4) is 22.5 Å². The number of nitrogens with zero attached hydrogens (tertiary/aromatic N) is 7. The molecule has 0 saturated carbocycles. The average molecular weight is 597 g/mol. The highest BCUT2D eigenvalue weighted by atomic mass is 19.4. The fraction of sp³-hybridized carbons (Fsp3) is 0.379. The first kappa shape index (κ1) is 30.0. The molecular formula is C29H35F3N10O. The number of hydrogen-bond acceptors (Lipinski definition) is 8. The Balaban J connectivity index is 1.53. The molecule has 0 aliphatic carbocycles. The number of nitrogens with one attached hydrogen (secondary N) is 1. The third kappa shape index (κ3) is 6.81. The van der Waals surface area contributed by atoms with Crippen LogP contribution in [0.1, 0.15) is 44.4 Å². The number of hydrogen-bond donors (Lipinski definition) is 3. The third-order valence-corrected chi connectivity index (χ3v) is 7.33. The van der Waals surface area contributed by atoms with Crippen molar-refractivity contribution in [2.45, 2.75) is 51.5 Å². The van der Waals surface area contributed by atoms with Crippen molar-refractivity contribution in [1.82, 2.24) is 39.6 Å². The van der Waals surface area contributed by atoms with Crippen LogP contribution in [0, 0.1) is 0 Å². The minimum atomic E-state index is -4.38. The smallest absolute Gasteiger partial charge is 0.393 e. The van der Waals surface area contributed by atoms with E-state index in [4.69, 9.17) is 16.6 Å². The van der Waals surface area contributed by atoms with Gasteiger partial charge < -0.3 is 16.1 Å². The molecule has 1 aromatic carbocycles. The van der Waals surface area contributed by atoms with Gasteiger partial charge in [-0.25, -0.2) is 15.3 Å². The summed E-state index contributed by atoms with van der Waals surface area (Å²) in [6, 6.07) is 6.79. The van der Waals surface area contributed by atoms with Crippen LogP contribution >= 0.6 is 0 Å². The Morgan fingerprint density at radius 1 is 1.16 bits per heavy atom. The molecule has 4 heterocycles. The van der Waals surface area contributed by atoms with Gasteiger partial charge >= 0.3 is 6.18 Å². The van der Waals surface area contributed by atoms with E-state index >= 15 is 0 Å². The predicted molar refractivity (Wildman–Crippen MR) is 156 cm³/mol. The molecule has 4 aromatic rings. The van der Waals surface area contributed by atoms with Gasteiger partial charge in [-0.3, -0.25) is 14.4 Å². The first-order valence-electron chi connectivity index (χ1n) is 13.8. The lowest BCUT2D eigenvalue weighted by Crippen LogP contribution is -2.44. The second kappa shape index (κ2) is 11.3. The van der Waals surface area contributed by atoms with Crippen molar-refractivity contribution in [3.63, 3.8) is 0 Å². The van der Waals surface area contributed by atoms with E-state index in [2.05, 4.69) is 15.5 Å². The highest BCUT2D eigenvalue weighted by molar-refractivity contribution is 5.92. The lowest BCUT2D eigenvalue weighted by Gasteiger charge is -2.30. The summed E-state index contributed by atoms with van der Waals surface area (Å²) in [5.74, 6) is 5.46. The zero-order valence-corrected chi connectivity index (χ0v) is 24.4. The van der Waals surface area contributed by atoms with Gasteiger partial charge in [-0.2, -0.15) is 23.4 Å². The fourth-order valence-electron chi connectivity index (χ4n) is 5.03. The number of rotatable bonds is 6. The molecule has 0 fully saturated rings. The van der Waals surface area contributed by atoms with Crippen LogP contribution in [0.15, 0.2) is 60.9 Å². The molecule has 5 N–H and O–H groups in total. The van der Waals surface area contributed by atoms with Crippen LogP contribution in [-0.4, -0.2) is 65.0 Å². The molecule has 14 heteroatoms. The molecule has 0 unspecified atom stereocenters. The van der Waals surface area contributed by atoms with Gasteiger partial charge in [-0.15, -0.1) is 0 Å². The molecule has 1 atom stereocenters. The van der Waals surface area contributed by atoms with Crippen molar-refractivity contribution in [2.24, 2.45) is 18.6 Å². The summed E-state index contributed by atoms with van der Waals surface area (Å²) in [5, 5.41) is 12.9. The predicted octanol–water partition coefficient (Wildman–Crippen LogP) is 3.50. The Hall–Kier alpha value is -4.43. The minimum absolute atomic E-state index is 0.0405. The number of fused-ring (bicyclic) bond motifs is 2. The van der Waals surface area contributed by atoms with E-state index in [1.54, 1.807) is 27.8 Å². The number of benzene rings is 1. The van der Waals surface area contributed by atoms with E-state index in [-0.39, 0.29) is 25.2 Å². The summed E-state index contributed by atoms with van der Waals surface area (Å²) in [7, 11) is 1.81. The van der Waals surface area contributed by atoms with Gasteiger partial charge in [0, 0.05) is 49.2 Å². The van der Waals surface area contributed by atoms with Crippen molar-refractivity contribution in [2.75, 3.05) is 13.1 Å². The monoisotopic (exact) mass is 596 g/mol. The Labute approximate surface area is 246 Å². The van der Waals surface area contributed by atoms with Gasteiger partial charge in [0.1, 0.15) is 5.70 Å². The zero-order valence-electron chi connectivity index (χ0n) is 24.4. The van der Waals surface area contributed by atoms with Gasteiger partial charge in [-0.05, 0) is 50.5 Å². The Kier molecular flexibility index (Phi) is 7.92. The molecule has 228 valence electrons. The number of hydrazine groups is 1. The number of aromatic nitrogens is 5. The standard InChI is InChI=1S/C29H35F3N10O/c1-28(2,3)42(34)15-22(33)27(43)38-23-8-10-40(17-29(30,31)32)14-19-11-18(5-6-21(19)23)26-25-7-9-35-41(25)16-24(37-26)20-12-36-39(4)13-20/h5-7,9,11-13,15-16,23H,8,10,14,17,33-34H2,1-4H3,(H,38,43)/b22-15-/t23-/m1/s1. The van der Waals surface area contributed by atoms with Crippen molar-refractivity contribution < 1.29 is 18.0 Å². The summed E-state index contributed by atoms with van der Waals surface area (Å²) in [4.78, 5) is 19.3. The molecule has 3 aromatic heterocycles. The molecule has 1 aliphatic rings. The summed E-state index contributed by atoms with van der Waals surface area (Å²) >= 11 is 0. The van der Waals surface area contributed by atoms with Crippen molar-refractivity contribution in [3.05, 3.63) is 72.1 Å². The Morgan fingerprint density at radius 3 is 2.60 bits per heavy atom. The quantitative estimate of drug-likeness (QED) is 0.175. The molecule has 0 radical (unpaired) electrons. The highest BCUT2D eigenvalue weighted by Crippen LogP contribution is 2.34. The van der Waals surface area contributed by atoms with Crippen LogP contribution in [0.2, 0.25) is 0 Å². The maximum Gasteiger partial charge on any atom is 0.401 e. The normalized spacial score (nSPS) is 16.7. The van der Waals surface area contributed by atoms with E-state index in [0.29, 0.717) is 28.1 Å². The summed E-state index contributed by atoms with van der Waals surface area (Å²) in [6.45, 7) is 4.67. The zero-order chi connectivity index (χ0) is 31.1. The molecule has 0 saturated heterocycles. The Morgan fingerprint density at radius 2 is 1.93 bits per heavy atom. The summed E-state index contributed by atoms with van der Waals surface area (Å²) in [5.41, 5.74) is 10.3. The number of amides is 1.